The SMILES string of the molecule is COC(=O)C(C)c1cc(C(=NO)c2ccc(OCC(C)C)cc2O)ccc1OCC(C)C. The molecule has 2 N–H and O–H groups in total. The first-order chi connectivity index (χ1) is 15.2. The first-order valence-electron chi connectivity index (χ1n) is 10.7. The lowest BCUT2D eigenvalue weighted by Gasteiger charge is -2.18. The Hall–Kier alpha value is -3.22. The van der Waals surface area contributed by atoms with Crippen LogP contribution in [0.3, 0.4) is 0 Å². The number of methoxy groups -OCH3 is 1. The van der Waals surface area contributed by atoms with Crippen LogP contribution < -0.4 is 9.47 Å². The van der Waals surface area contributed by atoms with Crippen molar-refractivity contribution >= 4 is 11.7 Å². The summed E-state index contributed by atoms with van der Waals surface area (Å²) in [5.74, 6) is 0.642. The van der Waals surface area contributed by atoms with E-state index in [9.17, 15) is 15.1 Å². The van der Waals surface area contributed by atoms with Gasteiger partial charge in [0.15, 0.2) is 0 Å². The molecule has 0 fully saturated rings. The van der Waals surface area contributed by atoms with Gasteiger partial charge in [0.2, 0.25) is 0 Å². The van der Waals surface area contributed by atoms with Crippen molar-refractivity contribution in [3.05, 3.63) is 53.1 Å². The molecule has 1 unspecified atom stereocenters. The number of hydrogen-bond acceptors (Lipinski definition) is 7. The van der Waals surface area contributed by atoms with Crippen LogP contribution in [-0.4, -0.2) is 42.3 Å². The number of rotatable bonds is 10. The summed E-state index contributed by atoms with van der Waals surface area (Å²) in [6.07, 6.45) is 0. The van der Waals surface area contributed by atoms with Crippen LogP contribution in [0.4, 0.5) is 0 Å². The van der Waals surface area contributed by atoms with Crippen molar-refractivity contribution in [1.82, 2.24) is 0 Å². The van der Waals surface area contributed by atoms with Crippen molar-refractivity contribution in [2.24, 2.45) is 17.0 Å². The molecule has 1 atom stereocenters. The second-order valence-corrected chi connectivity index (χ2v) is 8.53. The number of ether oxygens (including phenoxy) is 3. The van der Waals surface area contributed by atoms with Gasteiger partial charge in [0.1, 0.15) is 23.0 Å². The quantitative estimate of drug-likeness (QED) is 0.233. The number of carbonyl (C=O) groups excluding carboxylic acids is 1. The summed E-state index contributed by atoms with van der Waals surface area (Å²) in [6, 6.07) is 10.00. The maximum absolute atomic E-state index is 12.2. The summed E-state index contributed by atoms with van der Waals surface area (Å²) in [5, 5.41) is 23.7. The fourth-order valence-electron chi connectivity index (χ4n) is 3.06. The van der Waals surface area contributed by atoms with E-state index in [1.807, 2.05) is 27.7 Å². The van der Waals surface area contributed by atoms with Gasteiger partial charge in [-0.2, -0.15) is 0 Å². The average Bonchev–Trinajstić information content (AvgIpc) is 2.77. The number of carbonyl (C=O) groups is 1. The summed E-state index contributed by atoms with van der Waals surface area (Å²) in [5.41, 5.74) is 1.61. The first kappa shape index (κ1) is 25.0. The van der Waals surface area contributed by atoms with Crippen LogP contribution in [0.5, 0.6) is 17.2 Å². The molecule has 7 heteroatoms. The maximum atomic E-state index is 12.2. The minimum atomic E-state index is -0.595. The van der Waals surface area contributed by atoms with Crippen LogP contribution in [0, 0.1) is 11.8 Å². The molecular weight excluding hydrogens is 410 g/mol. The van der Waals surface area contributed by atoms with Crippen LogP contribution in [0.25, 0.3) is 0 Å². The molecule has 2 aromatic rings. The lowest BCUT2D eigenvalue weighted by Crippen LogP contribution is -2.15. The average molecular weight is 444 g/mol. The van der Waals surface area contributed by atoms with Crippen LogP contribution in [-0.2, 0) is 9.53 Å². The first-order valence-corrected chi connectivity index (χ1v) is 10.7. The largest absolute Gasteiger partial charge is 0.507 e. The van der Waals surface area contributed by atoms with Gasteiger partial charge < -0.3 is 24.5 Å². The van der Waals surface area contributed by atoms with Gasteiger partial charge in [0, 0.05) is 22.8 Å². The van der Waals surface area contributed by atoms with Gasteiger partial charge in [-0.3, -0.25) is 4.79 Å². The highest BCUT2D eigenvalue weighted by molar-refractivity contribution is 6.14. The fourth-order valence-corrected chi connectivity index (χ4v) is 3.06. The Balaban J connectivity index is 2.44. The van der Waals surface area contributed by atoms with E-state index in [4.69, 9.17) is 14.2 Å². The van der Waals surface area contributed by atoms with Gasteiger partial charge in [0.25, 0.3) is 0 Å². The van der Waals surface area contributed by atoms with E-state index in [1.54, 1.807) is 37.3 Å². The molecule has 0 amide bonds. The number of nitrogens with zero attached hydrogens (tertiary/aromatic N) is 1. The van der Waals surface area contributed by atoms with Crippen LogP contribution in [0.1, 0.15) is 57.2 Å². The standard InChI is InChI=1S/C25H33NO6/c1-15(2)13-31-19-8-9-20(22(27)12-19)24(26-29)18-7-10-23(32-14-16(3)4)21(11-18)17(5)25(28)30-6/h7-12,15-17,27,29H,13-14H2,1-6H3. The molecule has 7 nitrogen and oxygen atoms in total. The molecule has 0 aliphatic rings. The topological polar surface area (TPSA) is 97.6 Å². The lowest BCUT2D eigenvalue weighted by atomic mass is 9.94. The zero-order valence-corrected chi connectivity index (χ0v) is 19.6. The molecule has 0 aliphatic heterocycles. The van der Waals surface area contributed by atoms with Crippen LogP contribution in [0.2, 0.25) is 0 Å². The molecule has 0 spiro atoms. The number of esters is 1. The van der Waals surface area contributed by atoms with Crippen molar-refractivity contribution in [2.75, 3.05) is 20.3 Å². The third-order valence-corrected chi connectivity index (χ3v) is 4.78. The van der Waals surface area contributed by atoms with Crippen molar-refractivity contribution in [2.45, 2.75) is 40.5 Å². The third-order valence-electron chi connectivity index (χ3n) is 4.78. The number of phenolic OH excluding ortho intramolecular Hbond substituents is 1. The summed E-state index contributed by atoms with van der Waals surface area (Å²) in [6.45, 7) is 10.9. The number of phenols is 1. The highest BCUT2D eigenvalue weighted by Gasteiger charge is 2.23. The zero-order valence-electron chi connectivity index (χ0n) is 19.6. The van der Waals surface area contributed by atoms with Crippen LogP contribution in [0.15, 0.2) is 41.6 Å². The third kappa shape index (κ3) is 6.39. The Labute approximate surface area is 189 Å². The van der Waals surface area contributed by atoms with Gasteiger partial charge in [-0.15, -0.1) is 0 Å². The summed E-state index contributed by atoms with van der Waals surface area (Å²) in [4.78, 5) is 12.2. The zero-order chi connectivity index (χ0) is 23.8. The van der Waals surface area contributed by atoms with E-state index in [0.29, 0.717) is 53.2 Å². The molecule has 0 saturated carbocycles. The molecule has 174 valence electrons. The van der Waals surface area contributed by atoms with Gasteiger partial charge in [-0.1, -0.05) is 32.9 Å². The normalized spacial score (nSPS) is 12.7. The van der Waals surface area contributed by atoms with Gasteiger partial charge in [-0.25, -0.2) is 0 Å². The summed E-state index contributed by atoms with van der Waals surface area (Å²) < 4.78 is 16.4. The number of aromatic hydroxyl groups is 1. The molecule has 0 aromatic heterocycles. The monoisotopic (exact) mass is 443 g/mol. The molecule has 0 bridgehead atoms. The van der Waals surface area contributed by atoms with Crippen molar-refractivity contribution in [3.63, 3.8) is 0 Å². The van der Waals surface area contributed by atoms with Gasteiger partial charge >= 0.3 is 5.97 Å². The highest BCUT2D eigenvalue weighted by Crippen LogP contribution is 2.32. The van der Waals surface area contributed by atoms with Crippen molar-refractivity contribution < 1.29 is 29.3 Å². The molecule has 2 aromatic carbocycles. The Morgan fingerprint density at radius 1 is 0.969 bits per heavy atom. The molecular formula is C25H33NO6. The minimum absolute atomic E-state index is 0.0817. The summed E-state index contributed by atoms with van der Waals surface area (Å²) >= 11 is 0. The van der Waals surface area contributed by atoms with E-state index in [0.717, 1.165) is 0 Å². The Kier molecular flexibility index (Phi) is 8.93. The second-order valence-electron chi connectivity index (χ2n) is 8.53. The number of benzene rings is 2. The molecule has 0 saturated heterocycles. The number of hydrogen-bond donors (Lipinski definition) is 2. The lowest BCUT2D eigenvalue weighted by molar-refractivity contribution is -0.142. The molecule has 0 aliphatic carbocycles. The van der Waals surface area contributed by atoms with Crippen molar-refractivity contribution in [1.29, 1.82) is 0 Å². The van der Waals surface area contributed by atoms with E-state index < -0.39 is 11.9 Å². The predicted molar refractivity (Wildman–Crippen MR) is 123 cm³/mol. The van der Waals surface area contributed by atoms with Gasteiger partial charge in [0.05, 0.1) is 26.2 Å². The maximum Gasteiger partial charge on any atom is 0.312 e. The van der Waals surface area contributed by atoms with Gasteiger partial charge in [-0.05, 0) is 49.1 Å². The highest BCUT2D eigenvalue weighted by atomic mass is 16.5. The minimum Gasteiger partial charge on any atom is -0.507 e. The van der Waals surface area contributed by atoms with Crippen LogP contribution >= 0.6 is 0 Å². The van der Waals surface area contributed by atoms with E-state index in [2.05, 4.69) is 5.16 Å². The molecule has 32 heavy (non-hydrogen) atoms. The fraction of sp³-hybridized carbons (Fsp3) is 0.440. The van der Waals surface area contributed by atoms with Crippen molar-refractivity contribution in [3.8, 4) is 17.2 Å². The Bertz CT molecular complexity index is 951. The summed E-state index contributed by atoms with van der Waals surface area (Å²) in [7, 11) is 1.33. The number of oxime groups is 1. The van der Waals surface area contributed by atoms with E-state index in [1.165, 1.54) is 13.2 Å². The molecule has 0 heterocycles. The Morgan fingerprint density at radius 3 is 2.19 bits per heavy atom. The van der Waals surface area contributed by atoms with E-state index >= 15 is 0 Å². The molecule has 0 radical (unpaired) electrons. The predicted octanol–water partition coefficient (Wildman–Crippen LogP) is 4.96. The Morgan fingerprint density at radius 2 is 1.62 bits per heavy atom. The molecule has 2 rings (SSSR count). The second kappa shape index (κ2) is 11.4. The smallest absolute Gasteiger partial charge is 0.312 e. The van der Waals surface area contributed by atoms with E-state index in [-0.39, 0.29) is 11.5 Å².